The minimum absolute atomic E-state index is 0.636. The monoisotopic (exact) mass is 592 g/mol. The van der Waals surface area contributed by atoms with Gasteiger partial charge in [0.25, 0.3) is 0 Å². The van der Waals surface area contributed by atoms with Crippen LogP contribution in [0.15, 0.2) is 115 Å². The predicted octanol–water partition coefficient (Wildman–Crippen LogP) is 9.44. The van der Waals surface area contributed by atoms with Gasteiger partial charge in [-0.25, -0.2) is 9.97 Å². The molecule has 8 aromatic rings. The number of aryl methyl sites for hydroxylation is 2. The molecular weight excluding hydrogens is 567 g/mol. The van der Waals surface area contributed by atoms with E-state index in [4.69, 9.17) is 21.3 Å². The zero-order chi connectivity index (χ0) is 28.9. The minimum atomic E-state index is -2.94. The minimum Gasteiger partial charge on any atom is -0.576 e. The van der Waals surface area contributed by atoms with E-state index in [2.05, 4.69) is 54.6 Å². The molecule has 43 heavy (non-hydrogen) atoms. The maximum absolute atomic E-state index is 6.78. The van der Waals surface area contributed by atoms with Gasteiger partial charge in [-0.3, -0.25) is 0 Å². The Morgan fingerprint density at radius 3 is 1.74 bits per heavy atom. The van der Waals surface area contributed by atoms with Crippen molar-refractivity contribution in [1.82, 2.24) is 9.97 Å². The van der Waals surface area contributed by atoms with E-state index in [0.717, 1.165) is 49.0 Å². The fourth-order valence-corrected chi connectivity index (χ4v) is 8.25. The summed E-state index contributed by atoms with van der Waals surface area (Å²) in [5.41, 5.74) is 3.40. The molecule has 8 rings (SSSR count). The highest BCUT2D eigenvalue weighted by Gasteiger charge is 2.46. The number of fused-ring (bicyclic) bond motifs is 7. The maximum Gasteiger partial charge on any atom is 1.20 e. The van der Waals surface area contributed by atoms with Gasteiger partial charge in [0.2, 0.25) is 0 Å². The summed E-state index contributed by atoms with van der Waals surface area (Å²) in [5, 5.41) is 6.85. The highest BCUT2D eigenvalue weighted by Crippen LogP contribution is 2.42. The van der Waals surface area contributed by atoms with Gasteiger partial charge >= 0.3 is 15.1 Å². The molecular formula is C36H25AlN2O3S. The number of thiophene rings is 1. The van der Waals surface area contributed by atoms with Gasteiger partial charge in [0.15, 0.2) is 0 Å². The Hall–Kier alpha value is -4.67. The number of nitrogens with zero attached hydrogens (tertiary/aromatic N) is 2. The van der Waals surface area contributed by atoms with Gasteiger partial charge in [0.05, 0.1) is 4.70 Å². The lowest BCUT2D eigenvalue weighted by molar-refractivity contribution is 0.311. The van der Waals surface area contributed by atoms with E-state index in [0.29, 0.717) is 11.5 Å². The average Bonchev–Trinajstić information content (AvgIpc) is 3.42. The van der Waals surface area contributed by atoms with E-state index in [-0.39, 0.29) is 0 Å². The molecule has 0 unspecified atom stereocenters. The van der Waals surface area contributed by atoms with Crippen LogP contribution >= 0.6 is 11.3 Å². The zero-order valence-corrected chi connectivity index (χ0v) is 25.5. The van der Waals surface area contributed by atoms with Crippen LogP contribution in [-0.2, 0) is 0 Å². The van der Waals surface area contributed by atoms with Gasteiger partial charge in [-0.05, 0) is 61.0 Å². The summed E-state index contributed by atoms with van der Waals surface area (Å²) in [6.07, 6.45) is 0. The second-order valence-electron chi connectivity index (χ2n) is 10.6. The fraction of sp³-hybridized carbons (Fsp3) is 0.0556. The lowest BCUT2D eigenvalue weighted by Crippen LogP contribution is -2.37. The molecule has 0 N–H and O–H groups in total. The van der Waals surface area contributed by atoms with E-state index in [9.17, 15) is 0 Å². The third-order valence-corrected chi connectivity index (χ3v) is 10.2. The molecule has 0 aliphatic heterocycles. The molecule has 0 spiro atoms. The van der Waals surface area contributed by atoms with Gasteiger partial charge in [0, 0.05) is 37.6 Å². The molecule has 0 amide bonds. The zero-order valence-electron chi connectivity index (χ0n) is 23.6. The van der Waals surface area contributed by atoms with Crippen molar-refractivity contribution in [3.63, 3.8) is 0 Å². The molecule has 206 valence electrons. The van der Waals surface area contributed by atoms with Crippen LogP contribution in [0.4, 0.5) is 0 Å². The second kappa shape index (κ2) is 10.6. The van der Waals surface area contributed by atoms with Crippen LogP contribution in [0.3, 0.4) is 0 Å². The van der Waals surface area contributed by atoms with Crippen molar-refractivity contribution in [2.24, 2.45) is 0 Å². The molecule has 0 bridgehead atoms. The molecule has 5 aromatic carbocycles. The Balaban J connectivity index is 1.26. The highest BCUT2D eigenvalue weighted by molar-refractivity contribution is 7.26. The number of rotatable bonds is 6. The molecule has 0 aliphatic rings. The summed E-state index contributed by atoms with van der Waals surface area (Å²) < 4.78 is 22.4. The van der Waals surface area contributed by atoms with Crippen LogP contribution in [0, 0.1) is 13.8 Å². The van der Waals surface area contributed by atoms with Crippen LogP contribution in [-0.4, -0.2) is 25.1 Å². The Bertz CT molecular complexity index is 2250. The number of pyridine rings is 2. The quantitative estimate of drug-likeness (QED) is 0.180. The van der Waals surface area contributed by atoms with Crippen molar-refractivity contribution < 1.29 is 11.4 Å². The molecule has 0 saturated heterocycles. The number of hydrogen-bond acceptors (Lipinski definition) is 6. The summed E-state index contributed by atoms with van der Waals surface area (Å²) >= 11 is -1.21. The van der Waals surface area contributed by atoms with Crippen molar-refractivity contribution >= 4 is 79.2 Å². The Kier molecular flexibility index (Phi) is 6.38. The first-order valence-electron chi connectivity index (χ1n) is 14.2. The number of hydrogen-bond donors (Lipinski definition) is 0. The third-order valence-electron chi connectivity index (χ3n) is 7.67. The van der Waals surface area contributed by atoms with Crippen molar-refractivity contribution in [2.75, 3.05) is 0 Å². The second-order valence-corrected chi connectivity index (χ2v) is 12.9. The van der Waals surface area contributed by atoms with Gasteiger partial charge in [-0.1, -0.05) is 78.9 Å². The van der Waals surface area contributed by atoms with Crippen molar-refractivity contribution in [3.05, 3.63) is 127 Å². The van der Waals surface area contributed by atoms with Crippen LogP contribution in [0.25, 0.3) is 52.8 Å². The van der Waals surface area contributed by atoms with Gasteiger partial charge < -0.3 is 11.4 Å². The van der Waals surface area contributed by atoms with Crippen LogP contribution in [0.1, 0.15) is 11.4 Å². The normalized spacial score (nSPS) is 11.5. The lowest BCUT2D eigenvalue weighted by Gasteiger charge is -2.18. The van der Waals surface area contributed by atoms with E-state index in [1.165, 1.54) is 20.9 Å². The van der Waals surface area contributed by atoms with Crippen molar-refractivity contribution in [1.29, 1.82) is 0 Å². The Morgan fingerprint density at radius 2 is 1.05 bits per heavy atom. The van der Waals surface area contributed by atoms with Crippen molar-refractivity contribution in [2.45, 2.75) is 13.8 Å². The molecule has 3 heterocycles. The molecule has 0 fully saturated rings. The Morgan fingerprint density at radius 1 is 0.512 bits per heavy atom. The predicted molar refractivity (Wildman–Crippen MR) is 177 cm³/mol. The summed E-state index contributed by atoms with van der Waals surface area (Å²) in [6, 6.07) is 39.1. The summed E-state index contributed by atoms with van der Waals surface area (Å²) in [4.78, 5) is 9.58. The van der Waals surface area contributed by atoms with Crippen LogP contribution < -0.4 is 11.4 Å². The van der Waals surface area contributed by atoms with Gasteiger partial charge in [-0.15, -0.1) is 11.3 Å². The summed E-state index contributed by atoms with van der Waals surface area (Å²) in [5.74, 6) is 2.02. The van der Waals surface area contributed by atoms with E-state index >= 15 is 0 Å². The first-order chi connectivity index (χ1) is 21.1. The summed E-state index contributed by atoms with van der Waals surface area (Å²) in [6.45, 7) is 3.96. The van der Waals surface area contributed by atoms with E-state index < -0.39 is 15.1 Å². The number of aromatic nitrogens is 2. The standard InChI is InChI=1S/C16H10OS.2C10H9NO.Al/c17-13-7-3-6-12-15-11-5-2-1-4-10(11)8-9-14(15)18-16(12)13;2*1-7-5-6-8-3-2-4-9(12)10(8)11-7;/h1-9,17H;2*2-6,12H,1H3;/q;;;+3/p-3. The van der Waals surface area contributed by atoms with Crippen molar-refractivity contribution in [3.8, 4) is 17.2 Å². The van der Waals surface area contributed by atoms with E-state index in [1.54, 1.807) is 11.3 Å². The highest BCUT2D eigenvalue weighted by atomic mass is 32.1. The smallest absolute Gasteiger partial charge is 0.576 e. The third kappa shape index (κ3) is 4.72. The molecule has 0 radical (unpaired) electrons. The first kappa shape index (κ1) is 26.0. The summed E-state index contributed by atoms with van der Waals surface area (Å²) in [7, 11) is 0. The number of para-hydroxylation sites is 2. The Labute approximate surface area is 257 Å². The molecule has 5 nitrogen and oxygen atoms in total. The lowest BCUT2D eigenvalue weighted by atomic mass is 10.0. The largest absolute Gasteiger partial charge is 1.20 e. The fourth-order valence-electron chi connectivity index (χ4n) is 5.64. The van der Waals surface area contributed by atoms with Crippen LogP contribution in [0.2, 0.25) is 0 Å². The average molecular weight is 593 g/mol. The van der Waals surface area contributed by atoms with Crippen LogP contribution in [0.5, 0.6) is 17.2 Å². The van der Waals surface area contributed by atoms with Gasteiger partial charge in [0.1, 0.15) is 28.3 Å². The maximum atomic E-state index is 6.78. The molecule has 0 saturated carbocycles. The molecule has 0 aliphatic carbocycles. The first-order valence-corrected chi connectivity index (χ1v) is 16.4. The topological polar surface area (TPSA) is 53.5 Å². The number of benzene rings is 5. The molecule has 0 atom stereocenters. The van der Waals surface area contributed by atoms with E-state index in [1.807, 2.05) is 74.5 Å². The van der Waals surface area contributed by atoms with Gasteiger partial charge in [-0.2, -0.15) is 0 Å². The SMILES string of the molecule is Cc1ccc2cccc([O][Al]([O]c3cccc4ccc(C)nc34)[O]c3cccc4c3sc3ccc5ccccc5c34)c2n1. The molecule has 3 aromatic heterocycles. The molecule has 7 heteroatoms.